The van der Waals surface area contributed by atoms with E-state index in [0.717, 1.165) is 23.6 Å². The number of nitrogens with zero attached hydrogens (tertiary/aromatic N) is 1. The highest BCUT2D eigenvalue weighted by atomic mass is 35.5. The molecular formula is C15H15ClN2S. The van der Waals surface area contributed by atoms with E-state index in [-0.39, 0.29) is 0 Å². The Balaban J connectivity index is 1.99. The zero-order chi connectivity index (χ0) is 13.7. The minimum Gasteiger partial charge on any atom is -0.305 e. The van der Waals surface area contributed by atoms with Crippen LogP contribution in [0.3, 0.4) is 0 Å². The molecule has 19 heavy (non-hydrogen) atoms. The number of nitriles is 1. The van der Waals surface area contributed by atoms with Crippen LogP contribution in [0.5, 0.6) is 0 Å². The standard InChI is InChI=1S/C15H15ClN2S/c1-2-15(12-3-5-13(16)6-4-12)18-9-14-7-11(8-17)10-19-14/h3-7,10,15,18H,2,9H2,1H3. The van der Waals surface area contributed by atoms with Gasteiger partial charge in [-0.2, -0.15) is 5.26 Å². The second kappa shape index (κ2) is 6.72. The van der Waals surface area contributed by atoms with E-state index in [1.54, 1.807) is 11.3 Å². The van der Waals surface area contributed by atoms with E-state index >= 15 is 0 Å². The van der Waals surface area contributed by atoms with Gasteiger partial charge in [0.2, 0.25) is 0 Å². The predicted molar refractivity (Wildman–Crippen MR) is 80.4 cm³/mol. The number of hydrogen-bond acceptors (Lipinski definition) is 3. The number of thiophene rings is 1. The number of nitrogens with one attached hydrogen (secondary N) is 1. The molecule has 2 nitrogen and oxygen atoms in total. The minimum atomic E-state index is 0.310. The zero-order valence-electron chi connectivity index (χ0n) is 10.7. The van der Waals surface area contributed by atoms with Crippen molar-refractivity contribution >= 4 is 22.9 Å². The van der Waals surface area contributed by atoms with Crippen molar-refractivity contribution in [1.82, 2.24) is 5.32 Å². The van der Waals surface area contributed by atoms with E-state index in [9.17, 15) is 0 Å². The van der Waals surface area contributed by atoms with Gasteiger partial charge in [0.25, 0.3) is 0 Å². The molecular weight excluding hydrogens is 276 g/mol. The molecule has 98 valence electrons. The first-order valence-electron chi connectivity index (χ1n) is 6.19. The molecule has 0 aliphatic carbocycles. The van der Waals surface area contributed by atoms with Crippen molar-refractivity contribution < 1.29 is 0 Å². The first kappa shape index (κ1) is 14.1. The predicted octanol–water partition coefficient (Wildman–Crippen LogP) is 4.51. The SMILES string of the molecule is CCC(NCc1cc(C#N)cs1)c1ccc(Cl)cc1. The molecule has 0 amide bonds. The van der Waals surface area contributed by atoms with Gasteiger partial charge in [0.1, 0.15) is 6.07 Å². The van der Waals surface area contributed by atoms with Gasteiger partial charge >= 0.3 is 0 Å². The lowest BCUT2D eigenvalue weighted by atomic mass is 10.0. The summed E-state index contributed by atoms with van der Waals surface area (Å²) in [5, 5.41) is 15.0. The van der Waals surface area contributed by atoms with Crippen molar-refractivity contribution in [3.05, 3.63) is 56.7 Å². The molecule has 4 heteroatoms. The van der Waals surface area contributed by atoms with Crippen LogP contribution in [0.25, 0.3) is 0 Å². The first-order valence-corrected chi connectivity index (χ1v) is 7.45. The highest BCUT2D eigenvalue weighted by molar-refractivity contribution is 7.10. The Morgan fingerprint density at radius 3 is 2.68 bits per heavy atom. The summed E-state index contributed by atoms with van der Waals surface area (Å²) in [7, 11) is 0. The summed E-state index contributed by atoms with van der Waals surface area (Å²) in [5.74, 6) is 0. The summed E-state index contributed by atoms with van der Waals surface area (Å²) < 4.78 is 0. The normalized spacial score (nSPS) is 12.1. The van der Waals surface area contributed by atoms with Crippen molar-refractivity contribution in [3.63, 3.8) is 0 Å². The second-order valence-electron chi connectivity index (χ2n) is 4.31. The quantitative estimate of drug-likeness (QED) is 0.879. The molecule has 1 aromatic carbocycles. The number of halogens is 1. The molecule has 0 spiro atoms. The summed E-state index contributed by atoms with van der Waals surface area (Å²) in [6.07, 6.45) is 1.01. The lowest BCUT2D eigenvalue weighted by molar-refractivity contribution is 0.522. The van der Waals surface area contributed by atoms with Crippen LogP contribution in [0, 0.1) is 11.3 Å². The molecule has 0 fully saturated rings. The fraction of sp³-hybridized carbons (Fsp3) is 0.267. The van der Waals surface area contributed by atoms with E-state index in [1.165, 1.54) is 10.4 Å². The molecule has 0 aliphatic heterocycles. The lowest BCUT2D eigenvalue weighted by Crippen LogP contribution is -2.19. The van der Waals surface area contributed by atoms with Crippen LogP contribution >= 0.6 is 22.9 Å². The first-order chi connectivity index (χ1) is 9.22. The van der Waals surface area contributed by atoms with Gasteiger partial charge in [-0.3, -0.25) is 0 Å². The van der Waals surface area contributed by atoms with Crippen molar-refractivity contribution in [2.75, 3.05) is 0 Å². The van der Waals surface area contributed by atoms with Crippen molar-refractivity contribution in [2.24, 2.45) is 0 Å². The molecule has 1 atom stereocenters. The molecule has 0 saturated heterocycles. The van der Waals surface area contributed by atoms with Crippen LogP contribution in [0.2, 0.25) is 5.02 Å². The van der Waals surface area contributed by atoms with Crippen molar-refractivity contribution in [2.45, 2.75) is 25.9 Å². The lowest BCUT2D eigenvalue weighted by Gasteiger charge is -2.17. The third-order valence-corrected chi connectivity index (χ3v) is 4.17. The van der Waals surface area contributed by atoms with Gasteiger partial charge in [0.15, 0.2) is 0 Å². The number of benzene rings is 1. The maximum atomic E-state index is 8.80. The Morgan fingerprint density at radius 1 is 1.37 bits per heavy atom. The highest BCUT2D eigenvalue weighted by Gasteiger charge is 2.09. The summed E-state index contributed by atoms with van der Waals surface area (Å²) in [4.78, 5) is 1.18. The molecule has 0 radical (unpaired) electrons. The van der Waals surface area contributed by atoms with Crippen LogP contribution in [0.15, 0.2) is 35.7 Å². The Bertz CT molecular complexity index is 569. The maximum absolute atomic E-state index is 8.80. The zero-order valence-corrected chi connectivity index (χ0v) is 12.3. The van der Waals surface area contributed by atoms with Crippen LogP contribution in [0.1, 0.15) is 35.4 Å². The van der Waals surface area contributed by atoms with Gasteiger partial charge < -0.3 is 5.32 Å². The van der Waals surface area contributed by atoms with Gasteiger partial charge in [-0.05, 0) is 30.2 Å². The van der Waals surface area contributed by atoms with E-state index in [1.807, 2.05) is 23.6 Å². The van der Waals surface area contributed by atoms with Gasteiger partial charge in [-0.15, -0.1) is 11.3 Å². The molecule has 0 saturated carbocycles. The fourth-order valence-electron chi connectivity index (χ4n) is 1.95. The van der Waals surface area contributed by atoms with Crippen LogP contribution in [-0.4, -0.2) is 0 Å². The van der Waals surface area contributed by atoms with Crippen molar-refractivity contribution in [3.8, 4) is 6.07 Å². The highest BCUT2D eigenvalue weighted by Crippen LogP contribution is 2.21. The van der Waals surface area contributed by atoms with E-state index in [2.05, 4.69) is 30.4 Å². The summed E-state index contributed by atoms with van der Waals surface area (Å²) in [6.45, 7) is 2.94. The summed E-state index contributed by atoms with van der Waals surface area (Å²) >= 11 is 7.52. The van der Waals surface area contributed by atoms with Crippen LogP contribution in [-0.2, 0) is 6.54 Å². The fourth-order valence-corrected chi connectivity index (χ4v) is 2.84. The second-order valence-corrected chi connectivity index (χ2v) is 5.74. The maximum Gasteiger partial charge on any atom is 0.100 e. The molecule has 1 unspecified atom stereocenters. The van der Waals surface area contributed by atoms with Gasteiger partial charge in [0, 0.05) is 27.9 Å². The number of rotatable bonds is 5. The van der Waals surface area contributed by atoms with Gasteiger partial charge in [-0.25, -0.2) is 0 Å². The average Bonchev–Trinajstić information content (AvgIpc) is 2.89. The van der Waals surface area contributed by atoms with Gasteiger partial charge in [0.05, 0.1) is 5.56 Å². The van der Waals surface area contributed by atoms with Crippen LogP contribution < -0.4 is 5.32 Å². The summed E-state index contributed by atoms with van der Waals surface area (Å²) in [5.41, 5.74) is 1.98. The molecule has 0 bridgehead atoms. The Hall–Kier alpha value is -1.34. The number of hydrogen-bond donors (Lipinski definition) is 1. The molecule has 2 rings (SSSR count). The monoisotopic (exact) mass is 290 g/mol. The third-order valence-electron chi connectivity index (χ3n) is 2.99. The van der Waals surface area contributed by atoms with Crippen molar-refractivity contribution in [1.29, 1.82) is 5.26 Å². The van der Waals surface area contributed by atoms with Crippen LogP contribution in [0.4, 0.5) is 0 Å². The van der Waals surface area contributed by atoms with Gasteiger partial charge in [-0.1, -0.05) is 30.7 Å². The van der Waals surface area contributed by atoms with E-state index in [0.29, 0.717) is 6.04 Å². The Morgan fingerprint density at radius 2 is 2.11 bits per heavy atom. The third kappa shape index (κ3) is 3.81. The Kier molecular flexibility index (Phi) is 4.98. The molecule has 1 heterocycles. The molecule has 1 N–H and O–H groups in total. The largest absolute Gasteiger partial charge is 0.305 e. The Labute approximate surface area is 122 Å². The minimum absolute atomic E-state index is 0.310. The van der Waals surface area contributed by atoms with E-state index in [4.69, 9.17) is 16.9 Å². The summed E-state index contributed by atoms with van der Waals surface area (Å²) in [6, 6.07) is 12.3. The van der Waals surface area contributed by atoms with E-state index < -0.39 is 0 Å². The molecule has 0 aliphatic rings. The smallest absolute Gasteiger partial charge is 0.100 e. The molecule has 2 aromatic rings. The topological polar surface area (TPSA) is 35.8 Å². The average molecular weight is 291 g/mol. The molecule has 1 aromatic heterocycles.